The molecule has 292 valence electrons. The number of hydrogen-bond donors (Lipinski definition) is 6. The van der Waals surface area contributed by atoms with Gasteiger partial charge in [0.1, 0.15) is 31.1 Å². The molecular weight excluding hydrogens is 769 g/mol. The number of aromatic nitrogens is 1. The number of hydroxylamine groups is 2. The zero-order valence-corrected chi connectivity index (χ0v) is 30.6. The van der Waals surface area contributed by atoms with Crippen LogP contribution in [-0.4, -0.2) is 142 Å². The van der Waals surface area contributed by atoms with E-state index in [0.717, 1.165) is 41.2 Å². The van der Waals surface area contributed by atoms with E-state index >= 15 is 0 Å². The van der Waals surface area contributed by atoms with Crippen LogP contribution in [0.3, 0.4) is 0 Å². The number of likely N-dealkylation sites (tertiary alicyclic amines) is 1. The number of thioether (sulfide) groups is 1. The molecule has 55 heavy (non-hydrogen) atoms. The van der Waals surface area contributed by atoms with Crippen LogP contribution in [-0.2, 0) is 33.6 Å². The van der Waals surface area contributed by atoms with Gasteiger partial charge in [0.2, 0.25) is 12.0 Å². The summed E-state index contributed by atoms with van der Waals surface area (Å²) in [6.45, 7) is 3.40. The maximum absolute atomic E-state index is 13.7. The molecule has 0 saturated carbocycles. The maximum atomic E-state index is 13.7. The monoisotopic (exact) mass is 803 g/mol. The Labute approximate surface area is 318 Å². The molecule has 4 aliphatic rings. The lowest BCUT2D eigenvalue weighted by Crippen LogP contribution is -2.63. The van der Waals surface area contributed by atoms with Crippen LogP contribution in [0.5, 0.6) is 11.5 Å². The van der Waals surface area contributed by atoms with Crippen molar-refractivity contribution in [2.24, 2.45) is 11.1 Å². The van der Waals surface area contributed by atoms with E-state index in [4.69, 9.17) is 20.5 Å². The van der Waals surface area contributed by atoms with Crippen LogP contribution in [0, 0.1) is 5.92 Å². The molecule has 2 fully saturated rings. The molecule has 5 heterocycles. The number of quaternary nitrogens is 1. The fourth-order valence-corrected chi connectivity index (χ4v) is 9.13. The predicted octanol–water partition coefficient (Wildman–Crippen LogP) is 0.841. The van der Waals surface area contributed by atoms with Crippen molar-refractivity contribution in [1.29, 1.82) is 0 Å². The number of rotatable bonds is 16. The molecular formula is C33H35N6O14S2+. The van der Waals surface area contributed by atoms with Gasteiger partial charge >= 0.3 is 17.9 Å². The summed E-state index contributed by atoms with van der Waals surface area (Å²) in [6, 6.07) is 1.96. The lowest BCUT2D eigenvalue weighted by atomic mass is 9.88. The third-order valence-electron chi connectivity index (χ3n) is 9.83. The highest BCUT2D eigenvalue weighted by Crippen LogP contribution is 2.49. The van der Waals surface area contributed by atoms with E-state index in [1.807, 2.05) is 0 Å². The van der Waals surface area contributed by atoms with Crippen molar-refractivity contribution in [3.05, 3.63) is 45.6 Å². The van der Waals surface area contributed by atoms with E-state index in [1.54, 1.807) is 6.92 Å². The first-order valence-electron chi connectivity index (χ1n) is 16.8. The molecule has 20 nitrogen and oxygen atoms in total. The molecule has 4 aliphatic heterocycles. The minimum Gasteiger partial charge on any atom is -0.504 e. The quantitative estimate of drug-likeness (QED) is 0.0342. The number of hydrogen-bond acceptors (Lipinski definition) is 16. The van der Waals surface area contributed by atoms with Crippen LogP contribution in [0.4, 0.5) is 5.13 Å². The average Bonchev–Trinajstić information content (AvgIpc) is 3.83. The number of oxime groups is 1. The van der Waals surface area contributed by atoms with Gasteiger partial charge in [0.25, 0.3) is 11.8 Å². The van der Waals surface area contributed by atoms with Crippen LogP contribution in [0.1, 0.15) is 59.0 Å². The molecule has 0 bridgehead atoms. The van der Waals surface area contributed by atoms with E-state index in [1.165, 1.54) is 17.1 Å². The number of nitrogens with two attached hydrogens (primary N) is 1. The SMILES string of the molecule is C[C@@H]1S[C@@H]2[C@H](CC(=O)/C(=N\O[C@@H](CC(=O)O)C(=O)O)c3csc(N)n3)C(=O)N2C(C(=O)O)=C1C[N+]1(CCON2C(=O)c3cc(O)c(O)cc3C2=O)CCCC1. The summed E-state index contributed by atoms with van der Waals surface area (Å²) in [7, 11) is 0. The van der Waals surface area contributed by atoms with Crippen molar-refractivity contribution in [3.63, 3.8) is 0 Å². The van der Waals surface area contributed by atoms with Gasteiger partial charge in [0.15, 0.2) is 28.1 Å². The number of carboxylic acids is 3. The van der Waals surface area contributed by atoms with Gasteiger partial charge in [0, 0.05) is 35.5 Å². The van der Waals surface area contributed by atoms with Crippen molar-refractivity contribution in [2.45, 2.75) is 49.3 Å². The van der Waals surface area contributed by atoms with Crippen LogP contribution in [0.15, 0.2) is 33.9 Å². The molecule has 1 aromatic heterocycles. The largest absolute Gasteiger partial charge is 0.504 e. The third kappa shape index (κ3) is 7.57. The van der Waals surface area contributed by atoms with Crippen molar-refractivity contribution in [2.75, 3.05) is 38.5 Å². The Morgan fingerprint density at radius 3 is 2.24 bits per heavy atom. The summed E-state index contributed by atoms with van der Waals surface area (Å²) in [6.07, 6.45) is -1.77. The van der Waals surface area contributed by atoms with Crippen LogP contribution in [0.25, 0.3) is 0 Å². The van der Waals surface area contributed by atoms with E-state index in [2.05, 4.69) is 10.1 Å². The number of carbonyl (C=O) groups is 7. The van der Waals surface area contributed by atoms with Gasteiger partial charge < -0.3 is 40.6 Å². The number of phenolic OH excluding ortho intramolecular Hbond substituents is 2. The van der Waals surface area contributed by atoms with Gasteiger partial charge in [-0.2, -0.15) is 0 Å². The second-order valence-corrected chi connectivity index (χ2v) is 15.7. The molecule has 2 saturated heterocycles. The molecule has 4 atom stereocenters. The van der Waals surface area contributed by atoms with Crippen LogP contribution >= 0.6 is 23.1 Å². The summed E-state index contributed by atoms with van der Waals surface area (Å²) in [5, 5.41) is 52.8. The molecule has 22 heteroatoms. The fraction of sp³-hybridized carbons (Fsp3) is 0.424. The van der Waals surface area contributed by atoms with Crippen LogP contribution in [0.2, 0.25) is 0 Å². The first-order valence-corrected chi connectivity index (χ1v) is 18.6. The van der Waals surface area contributed by atoms with Crippen molar-refractivity contribution in [1.82, 2.24) is 14.9 Å². The van der Waals surface area contributed by atoms with Crippen molar-refractivity contribution < 1.29 is 73.3 Å². The molecule has 1 aromatic carbocycles. The number of carboxylic acid groups (broad SMARTS) is 3. The number of carbonyl (C=O) groups excluding carboxylic acids is 4. The van der Waals surface area contributed by atoms with Gasteiger partial charge in [-0.1, -0.05) is 5.16 Å². The smallest absolute Gasteiger partial charge is 0.352 e. The Hall–Kier alpha value is -5.58. The van der Waals surface area contributed by atoms with E-state index in [9.17, 15) is 54.0 Å². The summed E-state index contributed by atoms with van der Waals surface area (Å²) in [5.74, 6) is -9.67. The van der Waals surface area contributed by atoms with Gasteiger partial charge in [-0.25, -0.2) is 14.6 Å². The zero-order valence-electron chi connectivity index (χ0n) is 28.9. The van der Waals surface area contributed by atoms with Gasteiger partial charge in [0.05, 0.1) is 41.9 Å². The minimum atomic E-state index is -1.94. The number of ketones is 1. The number of benzene rings is 1. The van der Waals surface area contributed by atoms with E-state index < -0.39 is 94.1 Å². The number of phenols is 2. The highest BCUT2D eigenvalue weighted by Gasteiger charge is 2.56. The van der Waals surface area contributed by atoms with Gasteiger partial charge in [-0.3, -0.25) is 33.7 Å². The Morgan fingerprint density at radius 1 is 1.05 bits per heavy atom. The molecule has 0 aliphatic carbocycles. The Balaban J connectivity index is 1.17. The number of nitrogen functional groups attached to an aromatic ring is 1. The first kappa shape index (κ1) is 39.1. The molecule has 2 aromatic rings. The van der Waals surface area contributed by atoms with Crippen LogP contribution < -0.4 is 5.73 Å². The topological polar surface area (TPSA) is 297 Å². The molecule has 3 amide bonds. The number of amides is 3. The average molecular weight is 804 g/mol. The van der Waals surface area contributed by atoms with Crippen molar-refractivity contribution >= 4 is 75.4 Å². The highest BCUT2D eigenvalue weighted by atomic mass is 32.2. The Bertz CT molecular complexity index is 2020. The number of aliphatic carboxylic acids is 3. The number of fused-ring (bicyclic) bond motifs is 2. The standard InChI is InChI=1S/C33H34N6O14S2/c1-14-18(12-39(4-2-3-5-39)6-7-52-38-28(46)15-8-20(40)21(41)9-16(15)29(38)47)26(32(50)51)37-27(45)17(30(37)55-14)10-22(42)25(19-13-54-33(34)35-19)36-53-23(31(48)49)11-24(43)44/h8-9,13-14,17,23,30H,2-7,10-12H2,1H3,(H6-,34,35,36,40,41,42,43,44,46,47,48,49,50,51)/p+1/t14-,17+,23-,30+/m0/s1. The minimum absolute atomic E-state index is 0.0398. The number of nitrogens with zero attached hydrogens (tertiary/aromatic N) is 5. The summed E-state index contributed by atoms with van der Waals surface area (Å²) < 4.78 is 0.339. The summed E-state index contributed by atoms with van der Waals surface area (Å²) >= 11 is 2.23. The third-order valence-corrected chi connectivity index (χ3v) is 12.0. The van der Waals surface area contributed by atoms with Gasteiger partial charge in [-0.15, -0.1) is 28.2 Å². The molecule has 0 unspecified atom stereocenters. The Kier molecular flexibility index (Phi) is 10.9. The second-order valence-electron chi connectivity index (χ2n) is 13.3. The maximum Gasteiger partial charge on any atom is 0.352 e. The van der Waals surface area contributed by atoms with Crippen molar-refractivity contribution in [3.8, 4) is 11.5 Å². The lowest BCUT2D eigenvalue weighted by molar-refractivity contribution is -0.913. The Morgan fingerprint density at radius 2 is 1.69 bits per heavy atom. The fourth-order valence-electron chi connectivity index (χ4n) is 7.08. The number of aromatic hydroxyl groups is 2. The number of anilines is 1. The van der Waals surface area contributed by atoms with E-state index in [0.29, 0.717) is 28.2 Å². The number of Topliss-reactive ketones (excluding diaryl/α,β-unsaturated/α-hetero) is 1. The van der Waals surface area contributed by atoms with Gasteiger partial charge in [-0.05, 0) is 19.1 Å². The number of β-lactam (4-membered cyclic amide) rings is 1. The summed E-state index contributed by atoms with van der Waals surface area (Å²) in [5.41, 5.74) is 5.16. The van der Waals surface area contributed by atoms with E-state index in [-0.39, 0.29) is 47.3 Å². The molecule has 6 rings (SSSR count). The molecule has 0 spiro atoms. The molecule has 7 N–H and O–H groups in total. The predicted molar refractivity (Wildman–Crippen MR) is 188 cm³/mol. The lowest BCUT2D eigenvalue weighted by Gasteiger charge is -2.51. The first-order chi connectivity index (χ1) is 26.0. The number of imide groups is 1. The zero-order chi connectivity index (χ0) is 39.9. The second kappa shape index (κ2) is 15.3. The normalized spacial score (nSPS) is 22.3. The highest BCUT2D eigenvalue weighted by molar-refractivity contribution is 8.00. The summed E-state index contributed by atoms with van der Waals surface area (Å²) in [4.78, 5) is 104. The number of thiazole rings is 1. The molecule has 0 radical (unpaired) electrons.